The first-order valence-electron chi connectivity index (χ1n) is 5.38. The van der Waals surface area contributed by atoms with Gasteiger partial charge in [0.05, 0.1) is 11.1 Å². The summed E-state index contributed by atoms with van der Waals surface area (Å²) in [4.78, 5) is -0.304. The van der Waals surface area contributed by atoms with E-state index >= 15 is 0 Å². The SMILES string of the molecule is CC(O)CC(C)NS(=O)(=O)c1cc(F)ccc1Cl. The van der Waals surface area contributed by atoms with Gasteiger partial charge in [-0.1, -0.05) is 11.6 Å². The summed E-state index contributed by atoms with van der Waals surface area (Å²) < 4.78 is 39.3. The van der Waals surface area contributed by atoms with Crippen molar-refractivity contribution in [2.75, 3.05) is 0 Å². The molecule has 102 valence electrons. The average molecular weight is 296 g/mol. The summed E-state index contributed by atoms with van der Waals surface area (Å²) in [6, 6.07) is 2.65. The van der Waals surface area contributed by atoms with E-state index in [-0.39, 0.29) is 16.3 Å². The fraction of sp³-hybridized carbons (Fsp3) is 0.455. The lowest BCUT2D eigenvalue weighted by Gasteiger charge is -2.16. The fourth-order valence-electron chi connectivity index (χ4n) is 1.57. The maximum atomic E-state index is 13.0. The molecule has 18 heavy (non-hydrogen) atoms. The van der Waals surface area contributed by atoms with Crippen molar-refractivity contribution in [1.29, 1.82) is 0 Å². The number of aliphatic hydroxyl groups is 1. The van der Waals surface area contributed by atoms with E-state index in [0.29, 0.717) is 0 Å². The predicted octanol–water partition coefficient (Wildman–Crippen LogP) is 1.92. The first-order chi connectivity index (χ1) is 8.22. The zero-order valence-electron chi connectivity index (χ0n) is 10.0. The van der Waals surface area contributed by atoms with Crippen molar-refractivity contribution >= 4 is 21.6 Å². The molecule has 0 aromatic heterocycles. The van der Waals surface area contributed by atoms with Crippen molar-refractivity contribution in [3.05, 3.63) is 29.0 Å². The maximum absolute atomic E-state index is 13.0. The predicted molar refractivity (Wildman–Crippen MR) is 67.5 cm³/mol. The second-order valence-corrected chi connectivity index (χ2v) is 6.27. The molecule has 0 saturated heterocycles. The van der Waals surface area contributed by atoms with Gasteiger partial charge in [0.2, 0.25) is 10.0 Å². The van der Waals surface area contributed by atoms with Gasteiger partial charge in [-0.2, -0.15) is 0 Å². The molecule has 0 aliphatic carbocycles. The number of nitrogens with one attached hydrogen (secondary N) is 1. The van der Waals surface area contributed by atoms with Crippen LogP contribution in [0.2, 0.25) is 5.02 Å². The Morgan fingerprint density at radius 1 is 1.44 bits per heavy atom. The molecule has 0 aliphatic rings. The summed E-state index contributed by atoms with van der Waals surface area (Å²) in [6.07, 6.45) is -0.378. The highest BCUT2D eigenvalue weighted by molar-refractivity contribution is 7.89. The third-order valence-electron chi connectivity index (χ3n) is 2.23. The van der Waals surface area contributed by atoms with Gasteiger partial charge in [0, 0.05) is 6.04 Å². The van der Waals surface area contributed by atoms with Gasteiger partial charge in [-0.15, -0.1) is 0 Å². The van der Waals surface area contributed by atoms with Crippen molar-refractivity contribution < 1.29 is 17.9 Å². The van der Waals surface area contributed by atoms with E-state index in [1.54, 1.807) is 13.8 Å². The van der Waals surface area contributed by atoms with Crippen LogP contribution in [0.4, 0.5) is 4.39 Å². The number of halogens is 2. The summed E-state index contributed by atoms with van der Waals surface area (Å²) in [7, 11) is -3.89. The van der Waals surface area contributed by atoms with E-state index < -0.39 is 28.0 Å². The van der Waals surface area contributed by atoms with Crippen molar-refractivity contribution in [2.24, 2.45) is 0 Å². The van der Waals surface area contributed by atoms with Crippen LogP contribution in [0.15, 0.2) is 23.1 Å². The van der Waals surface area contributed by atoms with E-state index in [0.717, 1.165) is 12.1 Å². The molecule has 0 heterocycles. The number of hydrogen-bond donors (Lipinski definition) is 2. The Morgan fingerprint density at radius 2 is 2.06 bits per heavy atom. The van der Waals surface area contributed by atoms with Crippen molar-refractivity contribution in [1.82, 2.24) is 4.72 Å². The van der Waals surface area contributed by atoms with Crippen molar-refractivity contribution in [2.45, 2.75) is 37.3 Å². The number of rotatable bonds is 5. The molecule has 2 atom stereocenters. The van der Waals surface area contributed by atoms with Gasteiger partial charge in [0.1, 0.15) is 10.7 Å². The second-order valence-electron chi connectivity index (χ2n) is 4.18. The normalized spacial score (nSPS) is 15.4. The van der Waals surface area contributed by atoms with Gasteiger partial charge in [-0.25, -0.2) is 17.5 Å². The molecule has 4 nitrogen and oxygen atoms in total. The highest BCUT2D eigenvalue weighted by atomic mass is 35.5. The Bertz CT molecular complexity index is 519. The molecule has 0 bridgehead atoms. The Balaban J connectivity index is 2.96. The molecular weight excluding hydrogens is 281 g/mol. The van der Waals surface area contributed by atoms with Crippen LogP contribution in [0.5, 0.6) is 0 Å². The quantitative estimate of drug-likeness (QED) is 0.872. The first-order valence-corrected chi connectivity index (χ1v) is 7.24. The maximum Gasteiger partial charge on any atom is 0.242 e. The largest absolute Gasteiger partial charge is 0.393 e. The van der Waals surface area contributed by atoms with Crippen LogP contribution in [0, 0.1) is 5.82 Å². The van der Waals surface area contributed by atoms with Crippen LogP contribution in [-0.2, 0) is 10.0 Å². The van der Waals surface area contributed by atoms with Gasteiger partial charge in [0.15, 0.2) is 0 Å². The molecule has 0 aliphatic heterocycles. The van der Waals surface area contributed by atoms with Gasteiger partial charge in [-0.3, -0.25) is 0 Å². The highest BCUT2D eigenvalue weighted by Crippen LogP contribution is 2.22. The number of benzene rings is 1. The summed E-state index contributed by atoms with van der Waals surface area (Å²) in [5, 5.41) is 9.12. The summed E-state index contributed by atoms with van der Waals surface area (Å²) >= 11 is 5.73. The molecular formula is C11H15ClFNO3S. The van der Waals surface area contributed by atoms with Crippen molar-refractivity contribution in [3.63, 3.8) is 0 Å². The summed E-state index contributed by atoms with van der Waals surface area (Å²) in [6.45, 7) is 3.16. The number of aliphatic hydroxyl groups excluding tert-OH is 1. The van der Waals surface area contributed by atoms with Crippen LogP contribution in [0.1, 0.15) is 20.3 Å². The Kier molecular flexibility index (Phi) is 5.10. The Labute approximate surface area is 111 Å². The van der Waals surface area contributed by atoms with E-state index in [4.69, 9.17) is 16.7 Å². The minimum absolute atomic E-state index is 0.0480. The van der Waals surface area contributed by atoms with Gasteiger partial charge >= 0.3 is 0 Å². The third-order valence-corrected chi connectivity index (χ3v) is 4.30. The lowest BCUT2D eigenvalue weighted by Crippen LogP contribution is -2.34. The fourth-order valence-corrected chi connectivity index (χ4v) is 3.34. The first kappa shape index (κ1) is 15.4. The average Bonchev–Trinajstić information content (AvgIpc) is 2.19. The highest BCUT2D eigenvalue weighted by Gasteiger charge is 2.21. The minimum atomic E-state index is -3.89. The molecule has 7 heteroatoms. The number of sulfonamides is 1. The topological polar surface area (TPSA) is 66.4 Å². The monoisotopic (exact) mass is 295 g/mol. The molecule has 1 aromatic rings. The molecule has 0 saturated carbocycles. The summed E-state index contributed by atoms with van der Waals surface area (Å²) in [5.74, 6) is -0.678. The van der Waals surface area contributed by atoms with E-state index in [9.17, 15) is 12.8 Å². The molecule has 0 spiro atoms. The van der Waals surface area contributed by atoms with Gasteiger partial charge in [-0.05, 0) is 38.5 Å². The van der Waals surface area contributed by atoms with Gasteiger partial charge in [0.25, 0.3) is 0 Å². The molecule has 0 radical (unpaired) electrons. The van der Waals surface area contributed by atoms with Crippen LogP contribution in [0.25, 0.3) is 0 Å². The van der Waals surface area contributed by atoms with E-state index in [1.165, 1.54) is 6.07 Å². The molecule has 2 N–H and O–H groups in total. The molecule has 0 fully saturated rings. The molecule has 1 rings (SSSR count). The zero-order chi connectivity index (χ0) is 13.9. The Hall–Kier alpha value is -0.690. The van der Waals surface area contributed by atoms with Crippen LogP contribution in [-0.4, -0.2) is 25.7 Å². The Morgan fingerprint density at radius 3 is 2.61 bits per heavy atom. The minimum Gasteiger partial charge on any atom is -0.393 e. The van der Waals surface area contributed by atoms with E-state index in [1.807, 2.05) is 0 Å². The van der Waals surface area contributed by atoms with E-state index in [2.05, 4.69) is 4.72 Å². The number of hydrogen-bond acceptors (Lipinski definition) is 3. The van der Waals surface area contributed by atoms with Gasteiger partial charge < -0.3 is 5.11 Å². The summed E-state index contributed by atoms with van der Waals surface area (Å²) in [5.41, 5.74) is 0. The molecule has 0 amide bonds. The standard InChI is InChI=1S/C11H15ClFNO3S/c1-7(5-8(2)15)14-18(16,17)11-6-9(13)3-4-10(11)12/h3-4,6-8,14-15H,5H2,1-2H3. The van der Waals surface area contributed by atoms with Crippen LogP contribution in [0.3, 0.4) is 0 Å². The van der Waals surface area contributed by atoms with Crippen LogP contribution < -0.4 is 4.72 Å². The lowest BCUT2D eigenvalue weighted by atomic mass is 10.2. The second kappa shape index (κ2) is 5.97. The third kappa shape index (κ3) is 4.20. The molecule has 2 unspecified atom stereocenters. The lowest BCUT2D eigenvalue weighted by molar-refractivity contribution is 0.175. The smallest absolute Gasteiger partial charge is 0.242 e. The zero-order valence-corrected chi connectivity index (χ0v) is 11.6. The van der Waals surface area contributed by atoms with Crippen LogP contribution >= 0.6 is 11.6 Å². The molecule has 1 aromatic carbocycles. The van der Waals surface area contributed by atoms with Crippen molar-refractivity contribution in [3.8, 4) is 0 Å².